The first-order valence-electron chi connectivity index (χ1n) is 25.0. The molecule has 3 aromatic carbocycles. The van der Waals surface area contributed by atoms with E-state index in [1.165, 1.54) is 14.8 Å². The van der Waals surface area contributed by atoms with Crippen molar-refractivity contribution < 1.29 is 43.3 Å². The van der Waals surface area contributed by atoms with Crippen molar-refractivity contribution in [3.05, 3.63) is 90.0 Å². The maximum atomic E-state index is 15.2. The summed E-state index contributed by atoms with van der Waals surface area (Å²) in [5.74, 6) is -1.98. The number of benzene rings is 3. The SMILES string of the molecule is C=CC(=O)NCCN(CCCOC)C(=O)N(C)[C@H](C(=O)N1C[C@@]12Cc1cc(O)cc(c1)-c1ccc3c(c1)c(c(-c1ccccc1CCOC)n3CC)CC(C)(C)COC(=O)[C@@H]1CCCN(N1)C2=O)C(C)C. The van der Waals surface area contributed by atoms with Gasteiger partial charge in [0.1, 0.15) is 23.4 Å². The molecular weight excluding hydrogens is 903 g/mol. The molecule has 2 saturated heterocycles. The number of hydrogen-bond donors (Lipinski definition) is 3. The summed E-state index contributed by atoms with van der Waals surface area (Å²) in [7, 11) is 4.88. The van der Waals surface area contributed by atoms with E-state index in [9.17, 15) is 19.5 Å². The Hall–Kier alpha value is -6.23. The van der Waals surface area contributed by atoms with Crippen LogP contribution in [-0.4, -0.2) is 151 Å². The van der Waals surface area contributed by atoms with E-state index >= 15 is 9.59 Å². The average molecular weight is 976 g/mol. The van der Waals surface area contributed by atoms with Crippen LogP contribution in [0.3, 0.4) is 0 Å². The lowest BCUT2D eigenvalue weighted by Crippen LogP contribution is -2.60. The Labute approximate surface area is 418 Å². The van der Waals surface area contributed by atoms with Crippen LogP contribution in [0, 0.1) is 11.3 Å². The zero-order valence-electron chi connectivity index (χ0n) is 42.8. The van der Waals surface area contributed by atoms with Crippen molar-refractivity contribution >= 4 is 40.6 Å². The molecule has 3 aliphatic heterocycles. The summed E-state index contributed by atoms with van der Waals surface area (Å²) in [5.41, 5.74) is 9.04. The number of hydrazine groups is 1. The van der Waals surface area contributed by atoms with Gasteiger partial charge in [-0.05, 0) is 103 Å². The van der Waals surface area contributed by atoms with E-state index in [0.717, 1.165) is 56.9 Å². The molecule has 0 saturated carbocycles. The number of likely N-dealkylation sites (N-methyl/N-ethyl adjacent to an activating group) is 1. The fourth-order valence-corrected chi connectivity index (χ4v) is 10.5. The number of carbonyl (C=O) groups excluding carboxylic acids is 5. The van der Waals surface area contributed by atoms with Gasteiger partial charge in [0.25, 0.3) is 5.91 Å². The monoisotopic (exact) mass is 976 g/mol. The zero-order valence-corrected chi connectivity index (χ0v) is 42.8. The molecule has 0 aliphatic carbocycles. The first-order valence-corrected chi connectivity index (χ1v) is 25.0. The lowest BCUT2D eigenvalue weighted by atomic mass is 9.83. The summed E-state index contributed by atoms with van der Waals surface area (Å²) in [4.78, 5) is 75.2. The number of nitrogens with zero attached hydrogens (tertiary/aromatic N) is 5. The van der Waals surface area contributed by atoms with E-state index < -0.39 is 46.9 Å². The minimum atomic E-state index is -1.42. The van der Waals surface area contributed by atoms with Gasteiger partial charge < -0.3 is 43.9 Å². The van der Waals surface area contributed by atoms with Gasteiger partial charge in [0.2, 0.25) is 11.8 Å². The number of fused-ring (bicyclic) bond motifs is 6. The molecule has 16 nitrogen and oxygen atoms in total. The summed E-state index contributed by atoms with van der Waals surface area (Å²) in [5, 5.41) is 16.7. The number of urea groups is 1. The smallest absolute Gasteiger partial charge is 0.324 e. The van der Waals surface area contributed by atoms with Gasteiger partial charge in [0.05, 0.1) is 25.5 Å². The van der Waals surface area contributed by atoms with Crippen LogP contribution >= 0.6 is 0 Å². The largest absolute Gasteiger partial charge is 0.508 e. The molecule has 71 heavy (non-hydrogen) atoms. The van der Waals surface area contributed by atoms with E-state index in [0.29, 0.717) is 64.1 Å². The molecule has 3 atom stereocenters. The Balaban J connectivity index is 1.31. The minimum Gasteiger partial charge on any atom is -0.508 e. The number of carbonyl (C=O) groups is 5. The molecule has 1 spiro atoms. The highest BCUT2D eigenvalue weighted by Gasteiger charge is 2.64. The second-order valence-corrected chi connectivity index (χ2v) is 20.4. The number of aryl methyl sites for hydroxylation is 1. The molecule has 4 aromatic rings. The summed E-state index contributed by atoms with van der Waals surface area (Å²) in [6.45, 7) is 16.4. The van der Waals surface area contributed by atoms with Crippen LogP contribution in [0.4, 0.5) is 4.79 Å². The van der Waals surface area contributed by atoms with E-state index in [-0.39, 0.29) is 50.2 Å². The van der Waals surface area contributed by atoms with Crippen molar-refractivity contribution in [3.8, 4) is 28.1 Å². The van der Waals surface area contributed by atoms with Crippen LogP contribution in [-0.2, 0) is 59.2 Å². The van der Waals surface area contributed by atoms with Crippen molar-refractivity contribution in [2.45, 2.75) is 97.3 Å². The van der Waals surface area contributed by atoms with Crippen LogP contribution in [0.15, 0.2) is 73.3 Å². The maximum absolute atomic E-state index is 15.2. The molecule has 0 radical (unpaired) electrons. The van der Waals surface area contributed by atoms with Gasteiger partial charge in [-0.15, -0.1) is 0 Å². The maximum Gasteiger partial charge on any atom is 0.324 e. The number of esters is 1. The number of rotatable bonds is 16. The van der Waals surface area contributed by atoms with Crippen molar-refractivity contribution in [1.29, 1.82) is 0 Å². The van der Waals surface area contributed by atoms with Gasteiger partial charge in [-0.1, -0.05) is 70.7 Å². The topological polar surface area (TPSA) is 175 Å². The highest BCUT2D eigenvalue weighted by Crippen LogP contribution is 2.44. The molecule has 1 aromatic heterocycles. The number of phenolic OH excluding ortho intramolecular Hbond substituents is 1. The third kappa shape index (κ3) is 11.5. The number of methoxy groups -OCH3 is 2. The zero-order chi connectivity index (χ0) is 51.2. The Morgan fingerprint density at radius 1 is 1.01 bits per heavy atom. The summed E-state index contributed by atoms with van der Waals surface area (Å²) in [6.07, 6.45) is 4.03. The Kier molecular flexibility index (Phi) is 16.6. The number of aromatic hydroxyl groups is 1. The normalized spacial score (nSPS) is 19.3. The molecule has 6 bridgehead atoms. The second-order valence-electron chi connectivity index (χ2n) is 20.4. The van der Waals surface area contributed by atoms with Crippen molar-refractivity contribution in [3.63, 3.8) is 0 Å². The third-order valence-corrected chi connectivity index (χ3v) is 14.1. The van der Waals surface area contributed by atoms with E-state index in [2.05, 4.69) is 85.1 Å². The predicted molar refractivity (Wildman–Crippen MR) is 273 cm³/mol. The van der Waals surface area contributed by atoms with Gasteiger partial charge in [0, 0.05) is 88.9 Å². The lowest BCUT2D eigenvalue weighted by molar-refractivity contribution is -0.156. The summed E-state index contributed by atoms with van der Waals surface area (Å²) >= 11 is 0. The van der Waals surface area contributed by atoms with Crippen molar-refractivity contribution in [2.24, 2.45) is 11.3 Å². The first kappa shape index (κ1) is 52.6. The average Bonchev–Trinajstić information content (AvgIpc) is 4.01. The fourth-order valence-electron chi connectivity index (χ4n) is 10.5. The fraction of sp³-hybridized carbons (Fsp3) is 0.509. The van der Waals surface area contributed by atoms with Crippen molar-refractivity contribution in [2.75, 3.05) is 73.8 Å². The third-order valence-electron chi connectivity index (χ3n) is 14.1. The highest BCUT2D eigenvalue weighted by molar-refractivity contribution is 6.00. The number of nitrogens with one attached hydrogen (secondary N) is 2. The number of cyclic esters (lactones) is 1. The number of amides is 5. The number of aromatic nitrogens is 1. The number of hydrogen-bond acceptors (Lipinski definition) is 10. The Bertz CT molecular complexity index is 2620. The van der Waals surface area contributed by atoms with Gasteiger partial charge in [-0.25, -0.2) is 10.2 Å². The van der Waals surface area contributed by atoms with E-state index in [4.69, 9.17) is 14.2 Å². The van der Waals surface area contributed by atoms with E-state index in [1.807, 2.05) is 19.9 Å². The number of ether oxygens (including phenoxy) is 3. The minimum absolute atomic E-state index is 0.00973. The van der Waals surface area contributed by atoms with Crippen LogP contribution in [0.1, 0.15) is 70.6 Å². The van der Waals surface area contributed by atoms with Gasteiger partial charge in [-0.3, -0.25) is 24.2 Å². The molecule has 382 valence electrons. The lowest BCUT2D eigenvalue weighted by Gasteiger charge is -2.37. The van der Waals surface area contributed by atoms with Crippen molar-refractivity contribution in [1.82, 2.24) is 35.0 Å². The first-order chi connectivity index (χ1) is 34.0. The molecule has 3 N–H and O–H groups in total. The Morgan fingerprint density at radius 2 is 1.77 bits per heavy atom. The van der Waals surface area contributed by atoms with Crippen LogP contribution in [0.2, 0.25) is 0 Å². The van der Waals surface area contributed by atoms with Gasteiger partial charge in [-0.2, -0.15) is 0 Å². The quantitative estimate of drug-likeness (QED) is 0.0497. The molecule has 16 heteroatoms. The van der Waals surface area contributed by atoms with Crippen LogP contribution < -0.4 is 10.7 Å². The summed E-state index contributed by atoms with van der Waals surface area (Å²) < 4.78 is 19.3. The molecule has 4 heterocycles. The summed E-state index contributed by atoms with van der Waals surface area (Å²) in [6, 6.07) is 17.9. The molecule has 0 unspecified atom stereocenters. The highest BCUT2D eigenvalue weighted by atomic mass is 16.5. The molecule has 7 rings (SSSR count). The van der Waals surface area contributed by atoms with Crippen LogP contribution in [0.5, 0.6) is 5.75 Å². The standard InChI is InChI=1S/C55H73N7O9/c1-10-47(64)56-22-25-59(23-15-26-69-8)53(68)58(7)48(36(3)4)50(65)61-34-55(61)32-37-28-40(30-41(63)29-37)39-19-20-46-43(31-39)44(49(60(46)11-2)42-17-13-12-16-38(42)21-27-70-9)33-54(5,6)35-71-51(66)45-18-14-24-62(57-45)52(55)67/h10,12-13,16-17,19-20,28-31,36,45,48,57,63H,1,11,14-15,18,21-27,32-35H2,2-9H3,(H,56,64)/t45-,48-,55+,61?/m0/s1. The molecular formula is C55H73N7O9. The van der Waals surface area contributed by atoms with Gasteiger partial charge >= 0.3 is 12.0 Å². The van der Waals surface area contributed by atoms with Gasteiger partial charge in [0.15, 0.2) is 0 Å². The van der Waals surface area contributed by atoms with Crippen LogP contribution in [0.25, 0.3) is 33.3 Å². The number of phenols is 1. The predicted octanol–water partition coefficient (Wildman–Crippen LogP) is 6.35. The molecule has 2 fully saturated rings. The molecule has 5 amide bonds. The Morgan fingerprint density at radius 3 is 2.49 bits per heavy atom. The molecule has 3 aliphatic rings. The van der Waals surface area contributed by atoms with E-state index in [1.54, 1.807) is 38.3 Å². The second kappa shape index (κ2) is 22.5.